The molecule has 0 unspecified atom stereocenters. The number of nitrogens with zero attached hydrogens (tertiary/aromatic N) is 4. The normalized spacial score (nSPS) is 11.1. The summed E-state index contributed by atoms with van der Waals surface area (Å²) in [5.74, 6) is 1.28. The van der Waals surface area contributed by atoms with E-state index < -0.39 is 0 Å². The second-order valence-corrected chi connectivity index (χ2v) is 7.76. The first kappa shape index (κ1) is 22.6. The van der Waals surface area contributed by atoms with Crippen LogP contribution in [0.1, 0.15) is 34.9 Å². The molecule has 7 nitrogen and oxygen atoms in total. The molecule has 162 valence electrons. The number of benzene rings is 2. The van der Waals surface area contributed by atoms with Crippen molar-refractivity contribution in [2.75, 3.05) is 12.9 Å². The van der Waals surface area contributed by atoms with Crippen molar-refractivity contribution in [3.8, 4) is 11.5 Å². The number of aryl methyl sites for hydroxylation is 3. The second kappa shape index (κ2) is 10.3. The average molecular weight is 439 g/mol. The van der Waals surface area contributed by atoms with Crippen molar-refractivity contribution in [2.24, 2.45) is 5.10 Å². The van der Waals surface area contributed by atoms with Crippen LogP contribution in [0.5, 0.6) is 11.5 Å². The highest BCUT2D eigenvalue weighted by Crippen LogP contribution is 2.29. The lowest BCUT2D eigenvalue weighted by Crippen LogP contribution is -2.23. The van der Waals surface area contributed by atoms with E-state index in [1.165, 1.54) is 27.6 Å². The Kier molecular flexibility index (Phi) is 7.46. The van der Waals surface area contributed by atoms with Crippen LogP contribution in [0, 0.1) is 20.8 Å². The standard InChI is InChI=1S/C23H26N4O3S/c1-6-29-21-12-18(13-24-27-22(28)17(4)25-26-23(27)31-5)9-10-20(21)30-14-19-11-15(2)7-8-16(19)3/h7-13H,6,14H2,1-5H3/b24-13-. The fourth-order valence-electron chi connectivity index (χ4n) is 2.90. The van der Waals surface area contributed by atoms with E-state index in [0.29, 0.717) is 35.6 Å². The molecular formula is C23H26N4O3S. The molecular weight excluding hydrogens is 412 g/mol. The SMILES string of the molecule is CCOc1cc(/C=N\n2c(SC)nnc(C)c2=O)ccc1OCc1cc(C)ccc1C. The van der Waals surface area contributed by atoms with E-state index in [4.69, 9.17) is 9.47 Å². The molecule has 1 aromatic heterocycles. The topological polar surface area (TPSA) is 78.6 Å². The first-order valence-electron chi connectivity index (χ1n) is 9.93. The molecule has 1 heterocycles. The van der Waals surface area contributed by atoms with Crippen molar-refractivity contribution < 1.29 is 9.47 Å². The number of aromatic nitrogens is 3. The molecule has 0 aliphatic rings. The molecule has 0 bridgehead atoms. The summed E-state index contributed by atoms with van der Waals surface area (Å²) in [5.41, 5.74) is 4.29. The minimum absolute atomic E-state index is 0.292. The Balaban J connectivity index is 1.85. The van der Waals surface area contributed by atoms with Crippen LogP contribution in [0.4, 0.5) is 0 Å². The van der Waals surface area contributed by atoms with Gasteiger partial charge in [0.05, 0.1) is 12.8 Å². The molecule has 0 radical (unpaired) electrons. The van der Waals surface area contributed by atoms with Gasteiger partial charge in [0.15, 0.2) is 11.5 Å². The molecule has 2 aromatic carbocycles. The molecule has 0 atom stereocenters. The van der Waals surface area contributed by atoms with E-state index in [1.54, 1.807) is 13.1 Å². The molecule has 0 amide bonds. The fourth-order valence-corrected chi connectivity index (χ4v) is 3.33. The molecule has 8 heteroatoms. The van der Waals surface area contributed by atoms with E-state index >= 15 is 0 Å². The lowest BCUT2D eigenvalue weighted by Gasteiger charge is -2.14. The average Bonchev–Trinajstić information content (AvgIpc) is 2.76. The van der Waals surface area contributed by atoms with Gasteiger partial charge in [-0.1, -0.05) is 35.5 Å². The van der Waals surface area contributed by atoms with Gasteiger partial charge in [-0.2, -0.15) is 9.78 Å². The van der Waals surface area contributed by atoms with Gasteiger partial charge in [0, 0.05) is 0 Å². The Bertz CT molecular complexity index is 1160. The van der Waals surface area contributed by atoms with Crippen LogP contribution < -0.4 is 15.0 Å². The van der Waals surface area contributed by atoms with Crippen molar-refractivity contribution >= 4 is 18.0 Å². The monoisotopic (exact) mass is 438 g/mol. The van der Waals surface area contributed by atoms with E-state index in [-0.39, 0.29) is 5.56 Å². The van der Waals surface area contributed by atoms with Gasteiger partial charge in [0.25, 0.3) is 5.56 Å². The summed E-state index contributed by atoms with van der Waals surface area (Å²) in [7, 11) is 0. The van der Waals surface area contributed by atoms with Gasteiger partial charge >= 0.3 is 0 Å². The maximum Gasteiger partial charge on any atom is 0.296 e. The zero-order chi connectivity index (χ0) is 22.4. The Morgan fingerprint density at radius 2 is 1.87 bits per heavy atom. The lowest BCUT2D eigenvalue weighted by molar-refractivity contribution is 0.269. The molecule has 0 N–H and O–H groups in total. The summed E-state index contributed by atoms with van der Waals surface area (Å²) in [6, 6.07) is 11.9. The van der Waals surface area contributed by atoms with Gasteiger partial charge in [0.2, 0.25) is 5.16 Å². The van der Waals surface area contributed by atoms with Gasteiger partial charge < -0.3 is 9.47 Å². The minimum atomic E-state index is -0.297. The number of hydrogen-bond acceptors (Lipinski definition) is 7. The van der Waals surface area contributed by atoms with Gasteiger partial charge in [-0.25, -0.2) is 0 Å². The van der Waals surface area contributed by atoms with E-state index in [2.05, 4.69) is 47.3 Å². The molecule has 0 saturated heterocycles. The Hall–Kier alpha value is -3.13. The van der Waals surface area contributed by atoms with Crippen LogP contribution in [0.15, 0.2) is 51.5 Å². The van der Waals surface area contributed by atoms with Gasteiger partial charge in [-0.15, -0.1) is 10.2 Å². The number of ether oxygens (including phenoxy) is 2. The highest BCUT2D eigenvalue weighted by molar-refractivity contribution is 7.98. The number of rotatable bonds is 8. The number of hydrogen-bond donors (Lipinski definition) is 0. The third kappa shape index (κ3) is 5.52. The van der Waals surface area contributed by atoms with Crippen molar-refractivity contribution in [1.29, 1.82) is 0 Å². The summed E-state index contributed by atoms with van der Waals surface area (Å²) in [4.78, 5) is 12.4. The van der Waals surface area contributed by atoms with E-state index in [1.807, 2.05) is 31.4 Å². The Morgan fingerprint density at radius 3 is 2.61 bits per heavy atom. The third-order valence-corrected chi connectivity index (χ3v) is 5.25. The van der Waals surface area contributed by atoms with Crippen LogP contribution in [0.25, 0.3) is 0 Å². The molecule has 0 aliphatic heterocycles. The van der Waals surface area contributed by atoms with Gasteiger partial charge in [-0.05, 0) is 68.8 Å². The predicted molar refractivity (Wildman–Crippen MR) is 124 cm³/mol. The molecule has 3 aromatic rings. The highest BCUT2D eigenvalue weighted by atomic mass is 32.2. The van der Waals surface area contributed by atoms with Crippen molar-refractivity contribution in [3.63, 3.8) is 0 Å². The van der Waals surface area contributed by atoms with Gasteiger partial charge in [0.1, 0.15) is 12.3 Å². The minimum Gasteiger partial charge on any atom is -0.490 e. The largest absolute Gasteiger partial charge is 0.490 e. The van der Waals surface area contributed by atoms with Crippen LogP contribution in [0.3, 0.4) is 0 Å². The molecule has 3 rings (SSSR count). The smallest absolute Gasteiger partial charge is 0.296 e. The van der Waals surface area contributed by atoms with Crippen LogP contribution >= 0.6 is 11.8 Å². The molecule has 31 heavy (non-hydrogen) atoms. The first-order valence-corrected chi connectivity index (χ1v) is 11.2. The third-order valence-electron chi connectivity index (χ3n) is 4.63. The Labute approximate surface area is 186 Å². The summed E-state index contributed by atoms with van der Waals surface area (Å²) in [5, 5.41) is 12.6. The first-order chi connectivity index (χ1) is 14.9. The summed E-state index contributed by atoms with van der Waals surface area (Å²) >= 11 is 1.30. The van der Waals surface area contributed by atoms with E-state index in [9.17, 15) is 4.79 Å². The maximum absolute atomic E-state index is 12.4. The molecule has 0 saturated carbocycles. The second-order valence-electron chi connectivity index (χ2n) is 6.99. The van der Waals surface area contributed by atoms with Crippen molar-refractivity contribution in [2.45, 2.75) is 39.5 Å². The summed E-state index contributed by atoms with van der Waals surface area (Å²) in [6.07, 6.45) is 3.42. The molecule has 0 spiro atoms. The van der Waals surface area contributed by atoms with E-state index in [0.717, 1.165) is 11.1 Å². The maximum atomic E-state index is 12.4. The fraction of sp³-hybridized carbons (Fsp3) is 0.304. The number of thioether (sulfide) groups is 1. The lowest BCUT2D eigenvalue weighted by atomic mass is 10.1. The summed E-state index contributed by atoms with van der Waals surface area (Å²) in [6.45, 7) is 8.63. The summed E-state index contributed by atoms with van der Waals surface area (Å²) < 4.78 is 13.1. The Morgan fingerprint density at radius 1 is 1.06 bits per heavy atom. The quantitative estimate of drug-likeness (QED) is 0.388. The van der Waals surface area contributed by atoms with Crippen LogP contribution in [0.2, 0.25) is 0 Å². The molecule has 0 aliphatic carbocycles. The highest BCUT2D eigenvalue weighted by Gasteiger charge is 2.10. The molecule has 0 fully saturated rings. The van der Waals surface area contributed by atoms with Gasteiger partial charge in [-0.3, -0.25) is 4.79 Å². The van der Waals surface area contributed by atoms with Crippen molar-refractivity contribution in [3.05, 3.63) is 74.7 Å². The van der Waals surface area contributed by atoms with Crippen molar-refractivity contribution in [1.82, 2.24) is 14.9 Å². The zero-order valence-electron chi connectivity index (χ0n) is 18.4. The van der Waals surface area contributed by atoms with Crippen LogP contribution in [-0.4, -0.2) is 34.0 Å². The zero-order valence-corrected chi connectivity index (χ0v) is 19.2. The predicted octanol–water partition coefficient (Wildman–Crippen LogP) is 4.15. The van der Waals surface area contributed by atoms with Crippen LogP contribution in [-0.2, 0) is 6.61 Å².